The quantitative estimate of drug-likeness (QED) is 0.541. The summed E-state index contributed by atoms with van der Waals surface area (Å²) in [5.74, 6) is 0.126. The van der Waals surface area contributed by atoms with Crippen LogP contribution in [0, 0.1) is 13.8 Å². The molecule has 3 aromatic carbocycles. The first-order chi connectivity index (χ1) is 15.0. The maximum Gasteiger partial charge on any atom is 0.265 e. The van der Waals surface area contributed by atoms with Crippen molar-refractivity contribution in [2.24, 2.45) is 0 Å². The molecule has 2 N–H and O–H groups in total. The molecular formula is C26H28N2O3. The molecule has 2 amide bonds. The molecule has 0 aromatic heterocycles. The summed E-state index contributed by atoms with van der Waals surface area (Å²) in [7, 11) is 0. The van der Waals surface area contributed by atoms with Crippen molar-refractivity contribution in [3.05, 3.63) is 95.1 Å². The van der Waals surface area contributed by atoms with Crippen LogP contribution in [-0.2, 0) is 11.3 Å². The minimum atomic E-state index is -0.665. The Kier molecular flexibility index (Phi) is 7.44. The summed E-state index contributed by atoms with van der Waals surface area (Å²) in [6.07, 6.45) is -0.164. The van der Waals surface area contributed by atoms with Gasteiger partial charge in [0.15, 0.2) is 6.10 Å². The van der Waals surface area contributed by atoms with Crippen molar-refractivity contribution in [2.75, 3.05) is 5.32 Å². The highest BCUT2D eigenvalue weighted by molar-refractivity contribution is 6.04. The van der Waals surface area contributed by atoms with Crippen molar-refractivity contribution in [3.8, 4) is 5.75 Å². The summed E-state index contributed by atoms with van der Waals surface area (Å²) in [5, 5.41) is 5.77. The lowest BCUT2D eigenvalue weighted by Crippen LogP contribution is -2.33. The van der Waals surface area contributed by atoms with E-state index in [0.717, 1.165) is 16.7 Å². The molecule has 3 rings (SSSR count). The van der Waals surface area contributed by atoms with Crippen molar-refractivity contribution in [1.82, 2.24) is 5.32 Å². The molecule has 0 heterocycles. The third-order valence-electron chi connectivity index (χ3n) is 4.86. The summed E-state index contributed by atoms with van der Waals surface area (Å²) in [5.41, 5.74) is 4.02. The fraction of sp³-hybridized carbons (Fsp3) is 0.231. The zero-order valence-corrected chi connectivity index (χ0v) is 18.1. The number of amides is 2. The van der Waals surface area contributed by atoms with Gasteiger partial charge in [0.1, 0.15) is 5.75 Å². The summed E-state index contributed by atoms with van der Waals surface area (Å²) >= 11 is 0. The first-order valence-corrected chi connectivity index (χ1v) is 10.4. The van der Waals surface area contributed by atoms with Crippen LogP contribution in [0.25, 0.3) is 0 Å². The molecule has 160 valence electrons. The minimum Gasteiger partial charge on any atom is -0.481 e. The number of nitrogens with one attached hydrogen (secondary N) is 2. The standard InChI is InChI=1S/C26H28N2O3/c1-4-24(31-21-15-18(2)14-19(3)16-21)26(30)28-23-13-9-8-12-22(23)25(29)27-17-20-10-6-5-7-11-20/h5-16,24H,4,17H2,1-3H3,(H,27,29)(H,28,30)/t24-/m1/s1. The van der Waals surface area contributed by atoms with Crippen LogP contribution in [0.2, 0.25) is 0 Å². The third kappa shape index (κ3) is 6.19. The van der Waals surface area contributed by atoms with Gasteiger partial charge in [0, 0.05) is 6.54 Å². The van der Waals surface area contributed by atoms with Crippen LogP contribution in [-0.4, -0.2) is 17.9 Å². The fourth-order valence-electron chi connectivity index (χ4n) is 3.36. The zero-order chi connectivity index (χ0) is 22.2. The molecule has 0 radical (unpaired) electrons. The molecular weight excluding hydrogens is 388 g/mol. The molecule has 0 unspecified atom stereocenters. The van der Waals surface area contributed by atoms with Gasteiger partial charge in [-0.3, -0.25) is 9.59 Å². The van der Waals surface area contributed by atoms with E-state index < -0.39 is 6.10 Å². The van der Waals surface area contributed by atoms with E-state index in [9.17, 15) is 9.59 Å². The van der Waals surface area contributed by atoms with Gasteiger partial charge in [0.2, 0.25) is 0 Å². The van der Waals surface area contributed by atoms with Crippen LogP contribution in [0.1, 0.15) is 40.4 Å². The Balaban J connectivity index is 1.69. The fourth-order valence-corrected chi connectivity index (χ4v) is 3.36. The SMILES string of the molecule is CC[C@@H](Oc1cc(C)cc(C)c1)C(=O)Nc1ccccc1C(=O)NCc1ccccc1. The van der Waals surface area contributed by atoms with Gasteiger partial charge in [-0.15, -0.1) is 0 Å². The van der Waals surface area contributed by atoms with E-state index in [2.05, 4.69) is 16.7 Å². The van der Waals surface area contributed by atoms with E-state index in [4.69, 9.17) is 4.74 Å². The van der Waals surface area contributed by atoms with Crippen molar-refractivity contribution in [3.63, 3.8) is 0 Å². The molecule has 31 heavy (non-hydrogen) atoms. The van der Waals surface area contributed by atoms with E-state index >= 15 is 0 Å². The van der Waals surface area contributed by atoms with E-state index in [-0.39, 0.29) is 11.8 Å². The Hall–Kier alpha value is -3.60. The van der Waals surface area contributed by atoms with Crippen molar-refractivity contribution in [2.45, 2.75) is 39.8 Å². The van der Waals surface area contributed by atoms with Gasteiger partial charge in [0.05, 0.1) is 11.3 Å². The number of para-hydroxylation sites is 1. The molecule has 0 aliphatic heterocycles. The summed E-state index contributed by atoms with van der Waals surface area (Å²) in [6.45, 7) is 6.29. The Morgan fingerprint density at radius 3 is 2.23 bits per heavy atom. The van der Waals surface area contributed by atoms with Gasteiger partial charge >= 0.3 is 0 Å². The number of ether oxygens (including phenoxy) is 1. The van der Waals surface area contributed by atoms with Gasteiger partial charge in [-0.05, 0) is 61.2 Å². The van der Waals surface area contributed by atoms with Crippen LogP contribution < -0.4 is 15.4 Å². The lowest BCUT2D eigenvalue weighted by Gasteiger charge is -2.19. The molecule has 5 heteroatoms. The smallest absolute Gasteiger partial charge is 0.265 e. The highest BCUT2D eigenvalue weighted by Crippen LogP contribution is 2.20. The van der Waals surface area contributed by atoms with E-state index in [1.165, 1.54) is 0 Å². The molecule has 0 saturated carbocycles. The average Bonchev–Trinajstić information content (AvgIpc) is 2.76. The van der Waals surface area contributed by atoms with Crippen molar-refractivity contribution >= 4 is 17.5 Å². The number of aryl methyl sites for hydroxylation is 2. The maximum atomic E-state index is 12.9. The highest BCUT2D eigenvalue weighted by atomic mass is 16.5. The molecule has 0 aliphatic rings. The van der Waals surface area contributed by atoms with Crippen LogP contribution in [0.5, 0.6) is 5.75 Å². The predicted octanol–water partition coefficient (Wildman–Crippen LogP) is 5.03. The van der Waals surface area contributed by atoms with E-state index in [1.54, 1.807) is 24.3 Å². The van der Waals surface area contributed by atoms with Gasteiger partial charge in [-0.25, -0.2) is 0 Å². The second-order valence-corrected chi connectivity index (χ2v) is 7.54. The predicted molar refractivity (Wildman–Crippen MR) is 123 cm³/mol. The monoisotopic (exact) mass is 416 g/mol. The first-order valence-electron chi connectivity index (χ1n) is 10.4. The molecule has 1 atom stereocenters. The largest absolute Gasteiger partial charge is 0.481 e. The molecule has 0 spiro atoms. The molecule has 3 aromatic rings. The second-order valence-electron chi connectivity index (χ2n) is 7.54. The maximum absolute atomic E-state index is 12.9. The van der Waals surface area contributed by atoms with Gasteiger partial charge in [-0.1, -0.05) is 55.5 Å². The van der Waals surface area contributed by atoms with Crippen molar-refractivity contribution < 1.29 is 14.3 Å². The molecule has 0 aliphatic carbocycles. The van der Waals surface area contributed by atoms with Crippen LogP contribution in [0.15, 0.2) is 72.8 Å². The lowest BCUT2D eigenvalue weighted by molar-refractivity contribution is -0.122. The number of benzene rings is 3. The molecule has 0 bridgehead atoms. The number of carbonyl (C=O) groups excluding carboxylic acids is 2. The number of hydrogen-bond acceptors (Lipinski definition) is 3. The Morgan fingerprint density at radius 1 is 0.903 bits per heavy atom. The first kappa shape index (κ1) is 22.1. The normalized spacial score (nSPS) is 11.5. The highest BCUT2D eigenvalue weighted by Gasteiger charge is 2.21. The van der Waals surface area contributed by atoms with Gasteiger partial charge in [0.25, 0.3) is 11.8 Å². The Bertz CT molecular complexity index is 1030. The number of hydrogen-bond donors (Lipinski definition) is 2. The van der Waals surface area contributed by atoms with Crippen molar-refractivity contribution in [1.29, 1.82) is 0 Å². The topological polar surface area (TPSA) is 67.4 Å². The Labute approximate surface area is 183 Å². The van der Waals surface area contributed by atoms with Gasteiger partial charge in [-0.2, -0.15) is 0 Å². The zero-order valence-electron chi connectivity index (χ0n) is 18.1. The van der Waals surface area contributed by atoms with Gasteiger partial charge < -0.3 is 15.4 Å². The number of rotatable bonds is 8. The lowest BCUT2D eigenvalue weighted by atomic mass is 10.1. The molecule has 0 fully saturated rings. The summed E-state index contributed by atoms with van der Waals surface area (Å²) in [4.78, 5) is 25.6. The average molecular weight is 417 g/mol. The summed E-state index contributed by atoms with van der Waals surface area (Å²) in [6, 6.07) is 22.5. The van der Waals surface area contributed by atoms with Crippen LogP contribution >= 0.6 is 0 Å². The second kappa shape index (κ2) is 10.4. The number of anilines is 1. The molecule has 5 nitrogen and oxygen atoms in total. The number of carbonyl (C=O) groups is 2. The minimum absolute atomic E-state index is 0.247. The van der Waals surface area contributed by atoms with E-state index in [1.807, 2.05) is 63.2 Å². The summed E-state index contributed by atoms with van der Waals surface area (Å²) < 4.78 is 5.95. The Morgan fingerprint density at radius 2 is 1.55 bits per heavy atom. The van der Waals surface area contributed by atoms with Crippen LogP contribution in [0.4, 0.5) is 5.69 Å². The molecule has 0 saturated heterocycles. The third-order valence-corrected chi connectivity index (χ3v) is 4.86. The van der Waals surface area contributed by atoms with Crippen LogP contribution in [0.3, 0.4) is 0 Å². The van der Waals surface area contributed by atoms with E-state index in [0.29, 0.717) is 30.0 Å².